The van der Waals surface area contributed by atoms with E-state index in [9.17, 15) is 0 Å². The van der Waals surface area contributed by atoms with Gasteiger partial charge in [0.2, 0.25) is 0 Å². The van der Waals surface area contributed by atoms with Crippen LogP contribution in [-0.4, -0.2) is 31.5 Å². The van der Waals surface area contributed by atoms with E-state index >= 15 is 0 Å². The SMILES string of the molecule is CN=C(NCCC1CC1)N(C)Cc1cccc(Cl)c1. The minimum atomic E-state index is 0.780. The van der Waals surface area contributed by atoms with Crippen LogP contribution in [-0.2, 0) is 6.54 Å². The monoisotopic (exact) mass is 279 g/mol. The van der Waals surface area contributed by atoms with E-state index in [4.69, 9.17) is 11.6 Å². The van der Waals surface area contributed by atoms with E-state index in [1.807, 2.05) is 32.3 Å². The summed E-state index contributed by atoms with van der Waals surface area (Å²) in [5, 5.41) is 4.20. The van der Waals surface area contributed by atoms with Crippen LogP contribution >= 0.6 is 11.6 Å². The van der Waals surface area contributed by atoms with Gasteiger partial charge < -0.3 is 10.2 Å². The Hall–Kier alpha value is -1.22. The number of benzene rings is 1. The van der Waals surface area contributed by atoms with Crippen molar-refractivity contribution >= 4 is 17.6 Å². The van der Waals surface area contributed by atoms with E-state index in [0.29, 0.717) is 0 Å². The predicted octanol–water partition coefficient (Wildman–Crippen LogP) is 3.15. The number of nitrogens with zero attached hydrogens (tertiary/aromatic N) is 2. The molecule has 3 nitrogen and oxygen atoms in total. The Bertz CT molecular complexity index is 441. The van der Waals surface area contributed by atoms with Crippen molar-refractivity contribution in [1.82, 2.24) is 10.2 Å². The predicted molar refractivity (Wildman–Crippen MR) is 81.6 cm³/mol. The molecule has 0 amide bonds. The highest BCUT2D eigenvalue weighted by molar-refractivity contribution is 6.30. The van der Waals surface area contributed by atoms with Crippen molar-refractivity contribution in [2.45, 2.75) is 25.8 Å². The van der Waals surface area contributed by atoms with Gasteiger partial charge in [0.1, 0.15) is 0 Å². The zero-order valence-electron chi connectivity index (χ0n) is 11.7. The number of guanidine groups is 1. The van der Waals surface area contributed by atoms with Crippen molar-refractivity contribution in [2.75, 3.05) is 20.6 Å². The number of hydrogen-bond acceptors (Lipinski definition) is 1. The molecule has 0 heterocycles. The Morgan fingerprint density at radius 2 is 2.26 bits per heavy atom. The Morgan fingerprint density at radius 1 is 1.47 bits per heavy atom. The van der Waals surface area contributed by atoms with Gasteiger partial charge in [-0.3, -0.25) is 4.99 Å². The Balaban J connectivity index is 1.83. The Labute approximate surface area is 120 Å². The molecule has 1 aromatic carbocycles. The average Bonchev–Trinajstić information content (AvgIpc) is 3.18. The number of rotatable bonds is 5. The van der Waals surface area contributed by atoms with Crippen molar-refractivity contribution in [2.24, 2.45) is 10.9 Å². The molecule has 1 saturated carbocycles. The highest BCUT2D eigenvalue weighted by Gasteiger charge is 2.20. The summed E-state index contributed by atoms with van der Waals surface area (Å²) in [7, 11) is 3.88. The summed E-state index contributed by atoms with van der Waals surface area (Å²) < 4.78 is 0. The lowest BCUT2D eigenvalue weighted by Gasteiger charge is -2.22. The molecule has 1 aliphatic rings. The second kappa shape index (κ2) is 6.80. The van der Waals surface area contributed by atoms with Crippen molar-refractivity contribution < 1.29 is 0 Å². The van der Waals surface area contributed by atoms with Crippen molar-refractivity contribution in [3.05, 3.63) is 34.9 Å². The molecule has 1 fully saturated rings. The van der Waals surface area contributed by atoms with E-state index in [0.717, 1.165) is 30.0 Å². The zero-order chi connectivity index (χ0) is 13.7. The van der Waals surface area contributed by atoms with Gasteiger partial charge in [0.15, 0.2) is 5.96 Å². The van der Waals surface area contributed by atoms with E-state index in [2.05, 4.69) is 21.3 Å². The van der Waals surface area contributed by atoms with Crippen molar-refractivity contribution in [3.8, 4) is 0 Å². The van der Waals surface area contributed by atoms with E-state index in [-0.39, 0.29) is 0 Å². The summed E-state index contributed by atoms with van der Waals surface area (Å²) in [5.41, 5.74) is 1.19. The average molecular weight is 280 g/mol. The highest BCUT2D eigenvalue weighted by atomic mass is 35.5. The van der Waals surface area contributed by atoms with Gasteiger partial charge >= 0.3 is 0 Å². The van der Waals surface area contributed by atoms with Crippen LogP contribution in [0.2, 0.25) is 5.02 Å². The topological polar surface area (TPSA) is 27.6 Å². The number of aliphatic imine (C=N–C) groups is 1. The van der Waals surface area contributed by atoms with Gasteiger partial charge in [0, 0.05) is 32.2 Å². The fraction of sp³-hybridized carbons (Fsp3) is 0.533. The normalized spacial score (nSPS) is 15.4. The molecule has 0 saturated heterocycles. The lowest BCUT2D eigenvalue weighted by molar-refractivity contribution is 0.474. The largest absolute Gasteiger partial charge is 0.356 e. The molecule has 0 atom stereocenters. The molecular formula is C15H22ClN3. The van der Waals surface area contributed by atoms with Crippen LogP contribution in [0.4, 0.5) is 0 Å². The fourth-order valence-electron chi connectivity index (χ4n) is 2.16. The molecule has 0 bridgehead atoms. The van der Waals surface area contributed by atoms with Gasteiger partial charge in [-0.05, 0) is 30.0 Å². The molecular weight excluding hydrogens is 258 g/mol. The summed E-state index contributed by atoms with van der Waals surface area (Å²) in [6, 6.07) is 7.96. The molecule has 0 aliphatic heterocycles. The minimum Gasteiger partial charge on any atom is -0.356 e. The van der Waals surface area contributed by atoms with Gasteiger partial charge in [-0.15, -0.1) is 0 Å². The molecule has 4 heteroatoms. The molecule has 1 N–H and O–H groups in total. The van der Waals surface area contributed by atoms with Crippen LogP contribution in [0.3, 0.4) is 0 Å². The lowest BCUT2D eigenvalue weighted by atomic mass is 10.2. The summed E-state index contributed by atoms with van der Waals surface area (Å²) >= 11 is 6.00. The molecule has 0 aromatic heterocycles. The van der Waals surface area contributed by atoms with Gasteiger partial charge in [-0.2, -0.15) is 0 Å². The third kappa shape index (κ3) is 4.75. The number of hydrogen-bond donors (Lipinski definition) is 1. The van der Waals surface area contributed by atoms with E-state index < -0.39 is 0 Å². The molecule has 0 unspecified atom stereocenters. The van der Waals surface area contributed by atoms with E-state index in [1.54, 1.807) is 0 Å². The highest BCUT2D eigenvalue weighted by Crippen LogP contribution is 2.31. The number of nitrogens with one attached hydrogen (secondary N) is 1. The van der Waals surface area contributed by atoms with Crippen LogP contribution in [0.15, 0.2) is 29.3 Å². The van der Waals surface area contributed by atoms with Gasteiger partial charge in [0.25, 0.3) is 0 Å². The smallest absolute Gasteiger partial charge is 0.193 e. The van der Waals surface area contributed by atoms with Crippen LogP contribution in [0.25, 0.3) is 0 Å². The maximum atomic E-state index is 6.00. The molecule has 19 heavy (non-hydrogen) atoms. The van der Waals surface area contributed by atoms with Gasteiger partial charge in [-0.25, -0.2) is 0 Å². The first-order valence-electron chi connectivity index (χ1n) is 6.85. The first-order chi connectivity index (χ1) is 9.19. The molecule has 0 radical (unpaired) electrons. The summed E-state index contributed by atoms with van der Waals surface area (Å²) in [6.45, 7) is 1.82. The molecule has 1 aliphatic carbocycles. The third-order valence-electron chi connectivity index (χ3n) is 3.41. The summed E-state index contributed by atoms with van der Waals surface area (Å²) in [6.07, 6.45) is 4.06. The first-order valence-corrected chi connectivity index (χ1v) is 7.23. The third-order valence-corrected chi connectivity index (χ3v) is 3.65. The van der Waals surface area contributed by atoms with Crippen LogP contribution < -0.4 is 5.32 Å². The first kappa shape index (κ1) is 14.2. The molecule has 2 rings (SSSR count). The zero-order valence-corrected chi connectivity index (χ0v) is 12.5. The quantitative estimate of drug-likeness (QED) is 0.662. The van der Waals surface area contributed by atoms with Crippen LogP contribution in [0, 0.1) is 5.92 Å². The van der Waals surface area contributed by atoms with Crippen molar-refractivity contribution in [1.29, 1.82) is 0 Å². The second-order valence-corrected chi connectivity index (χ2v) is 5.63. The lowest BCUT2D eigenvalue weighted by Crippen LogP contribution is -2.39. The second-order valence-electron chi connectivity index (χ2n) is 5.19. The minimum absolute atomic E-state index is 0.780. The maximum absolute atomic E-state index is 6.00. The Morgan fingerprint density at radius 3 is 2.89 bits per heavy atom. The molecule has 0 spiro atoms. The van der Waals surface area contributed by atoms with Crippen molar-refractivity contribution in [3.63, 3.8) is 0 Å². The molecule has 104 valence electrons. The standard InChI is InChI=1S/C15H22ClN3/c1-17-15(18-9-8-12-6-7-12)19(2)11-13-4-3-5-14(16)10-13/h3-5,10,12H,6-9,11H2,1-2H3,(H,17,18). The van der Waals surface area contributed by atoms with E-state index in [1.165, 1.54) is 24.8 Å². The number of halogens is 1. The fourth-order valence-corrected chi connectivity index (χ4v) is 2.38. The van der Waals surface area contributed by atoms with Crippen LogP contribution in [0.1, 0.15) is 24.8 Å². The van der Waals surface area contributed by atoms with Gasteiger partial charge in [-0.1, -0.05) is 36.6 Å². The summed E-state index contributed by atoms with van der Waals surface area (Å²) in [5.74, 6) is 1.89. The maximum Gasteiger partial charge on any atom is 0.193 e. The van der Waals surface area contributed by atoms with Gasteiger partial charge in [0.05, 0.1) is 0 Å². The Kier molecular flexibility index (Phi) is 5.08. The van der Waals surface area contributed by atoms with Crippen LogP contribution in [0.5, 0.6) is 0 Å². The summed E-state index contributed by atoms with van der Waals surface area (Å²) in [4.78, 5) is 6.45. The molecule has 1 aromatic rings.